The zero-order chi connectivity index (χ0) is 10.2. The normalized spacial score (nSPS) is 11.8. The van der Waals surface area contributed by atoms with Crippen LogP contribution in [0.4, 0.5) is 8.78 Å². The molecule has 0 spiro atoms. The Morgan fingerprint density at radius 2 is 1.69 bits per heavy atom. The molecule has 4 heteroatoms. The third kappa shape index (κ3) is 2.17. The first kappa shape index (κ1) is 10.9. The SMILES string of the molecule is C[Si](C)(C)c1ccc(F)c(Br)c1F. The molecule has 0 saturated heterocycles. The van der Waals surface area contributed by atoms with Crippen molar-refractivity contribution in [2.75, 3.05) is 0 Å². The molecular formula is C9H11BrF2Si. The van der Waals surface area contributed by atoms with Crippen LogP contribution in [0, 0.1) is 11.6 Å². The Labute approximate surface area is 86.1 Å². The fraction of sp³-hybridized carbons (Fsp3) is 0.333. The highest BCUT2D eigenvalue weighted by Gasteiger charge is 2.23. The van der Waals surface area contributed by atoms with Crippen LogP contribution < -0.4 is 5.19 Å². The Bertz CT molecular complexity index is 331. The summed E-state index contributed by atoms with van der Waals surface area (Å²) in [5.74, 6) is -0.987. The first-order valence-corrected chi connectivity index (χ1v) is 8.27. The van der Waals surface area contributed by atoms with Crippen LogP contribution in [0.1, 0.15) is 0 Å². The van der Waals surface area contributed by atoms with E-state index in [0.29, 0.717) is 5.19 Å². The van der Waals surface area contributed by atoms with Gasteiger partial charge in [-0.1, -0.05) is 25.7 Å². The lowest BCUT2D eigenvalue weighted by molar-refractivity contribution is 0.576. The highest BCUT2D eigenvalue weighted by Crippen LogP contribution is 2.19. The molecule has 0 amide bonds. The molecule has 1 aromatic carbocycles. The zero-order valence-corrected chi connectivity index (χ0v) is 10.4. The molecular weight excluding hydrogens is 254 g/mol. The number of rotatable bonds is 1. The number of hydrogen-bond donors (Lipinski definition) is 0. The predicted octanol–water partition coefficient (Wildman–Crippen LogP) is 3.27. The van der Waals surface area contributed by atoms with Crippen molar-refractivity contribution in [2.24, 2.45) is 0 Å². The maximum atomic E-state index is 13.5. The van der Waals surface area contributed by atoms with Gasteiger partial charge in [-0.05, 0) is 27.2 Å². The number of halogens is 3. The number of benzene rings is 1. The van der Waals surface area contributed by atoms with E-state index in [4.69, 9.17) is 0 Å². The van der Waals surface area contributed by atoms with Crippen LogP contribution in [0.25, 0.3) is 0 Å². The second-order valence-corrected chi connectivity index (χ2v) is 9.80. The molecule has 72 valence electrons. The summed E-state index contributed by atoms with van der Waals surface area (Å²) in [4.78, 5) is 0. The van der Waals surface area contributed by atoms with Crippen LogP contribution in [-0.2, 0) is 0 Å². The molecule has 0 heterocycles. The zero-order valence-electron chi connectivity index (χ0n) is 7.79. The summed E-state index contributed by atoms with van der Waals surface area (Å²) in [6.45, 7) is 6.07. The van der Waals surface area contributed by atoms with Gasteiger partial charge in [0.05, 0.1) is 12.5 Å². The van der Waals surface area contributed by atoms with Crippen molar-refractivity contribution in [1.29, 1.82) is 0 Å². The standard InChI is InChI=1S/C9H11BrF2Si/c1-13(2,3)7-5-4-6(11)8(10)9(7)12/h4-5H,1-3H3. The second kappa shape index (κ2) is 3.50. The average Bonchev–Trinajstić information content (AvgIpc) is 1.98. The van der Waals surface area contributed by atoms with Gasteiger partial charge in [-0.25, -0.2) is 8.78 Å². The van der Waals surface area contributed by atoms with Gasteiger partial charge in [0.1, 0.15) is 11.6 Å². The van der Waals surface area contributed by atoms with Crippen molar-refractivity contribution in [3.05, 3.63) is 28.2 Å². The summed E-state index contributed by atoms with van der Waals surface area (Å²) in [6.07, 6.45) is 0. The predicted molar refractivity (Wildman–Crippen MR) is 57.0 cm³/mol. The van der Waals surface area contributed by atoms with Gasteiger partial charge in [-0.3, -0.25) is 0 Å². The number of hydrogen-bond acceptors (Lipinski definition) is 0. The quantitative estimate of drug-likeness (QED) is 0.540. The largest absolute Gasteiger partial charge is 0.206 e. The van der Waals surface area contributed by atoms with Crippen LogP contribution in [-0.4, -0.2) is 8.07 Å². The van der Waals surface area contributed by atoms with E-state index in [-0.39, 0.29) is 4.47 Å². The van der Waals surface area contributed by atoms with Crippen LogP contribution in [0.3, 0.4) is 0 Å². The van der Waals surface area contributed by atoms with Crippen LogP contribution in [0.5, 0.6) is 0 Å². The molecule has 0 unspecified atom stereocenters. The van der Waals surface area contributed by atoms with E-state index in [9.17, 15) is 8.78 Å². The topological polar surface area (TPSA) is 0 Å². The van der Waals surface area contributed by atoms with Gasteiger partial charge in [0.2, 0.25) is 0 Å². The Balaban J connectivity index is 3.35. The molecule has 0 aromatic heterocycles. The molecule has 0 saturated carbocycles. The van der Waals surface area contributed by atoms with Crippen molar-refractivity contribution in [3.63, 3.8) is 0 Å². The fourth-order valence-electron chi connectivity index (χ4n) is 1.11. The molecule has 0 aliphatic carbocycles. The molecule has 0 radical (unpaired) electrons. The monoisotopic (exact) mass is 264 g/mol. The van der Waals surface area contributed by atoms with Crippen LogP contribution in [0.15, 0.2) is 16.6 Å². The molecule has 0 fully saturated rings. The molecule has 0 bridgehead atoms. The Hall–Kier alpha value is -0.223. The lowest BCUT2D eigenvalue weighted by Gasteiger charge is -2.17. The highest BCUT2D eigenvalue weighted by atomic mass is 79.9. The van der Waals surface area contributed by atoms with Crippen molar-refractivity contribution >= 4 is 29.2 Å². The summed E-state index contributed by atoms with van der Waals surface area (Å²) in [5, 5.41) is 0.653. The van der Waals surface area contributed by atoms with Gasteiger partial charge in [0.25, 0.3) is 0 Å². The van der Waals surface area contributed by atoms with E-state index in [1.807, 2.05) is 19.6 Å². The van der Waals surface area contributed by atoms with E-state index in [1.54, 1.807) is 6.07 Å². The summed E-state index contributed by atoms with van der Waals surface area (Å²) in [6, 6.07) is 2.85. The highest BCUT2D eigenvalue weighted by molar-refractivity contribution is 9.10. The van der Waals surface area contributed by atoms with E-state index in [0.717, 1.165) is 0 Å². The van der Waals surface area contributed by atoms with Gasteiger partial charge in [0.15, 0.2) is 0 Å². The maximum Gasteiger partial charge on any atom is 0.140 e. The summed E-state index contributed by atoms with van der Waals surface area (Å²) >= 11 is 2.89. The van der Waals surface area contributed by atoms with E-state index < -0.39 is 19.7 Å². The van der Waals surface area contributed by atoms with Crippen molar-refractivity contribution in [2.45, 2.75) is 19.6 Å². The lowest BCUT2D eigenvalue weighted by Crippen LogP contribution is -2.40. The molecule has 0 aliphatic heterocycles. The molecule has 0 aliphatic rings. The molecule has 0 nitrogen and oxygen atoms in total. The summed E-state index contributed by atoms with van der Waals surface area (Å²) in [5.41, 5.74) is 0. The first-order chi connectivity index (χ1) is 5.84. The minimum absolute atomic E-state index is 0.0487. The second-order valence-electron chi connectivity index (χ2n) is 3.97. The lowest BCUT2D eigenvalue weighted by atomic mass is 10.3. The summed E-state index contributed by atoms with van der Waals surface area (Å²) < 4.78 is 26.3. The van der Waals surface area contributed by atoms with Gasteiger partial charge < -0.3 is 0 Å². The smallest absolute Gasteiger partial charge is 0.140 e. The summed E-state index contributed by atoms with van der Waals surface area (Å²) in [7, 11) is -1.70. The fourth-order valence-corrected chi connectivity index (χ4v) is 3.00. The van der Waals surface area contributed by atoms with Crippen molar-refractivity contribution in [3.8, 4) is 0 Å². The van der Waals surface area contributed by atoms with Crippen molar-refractivity contribution < 1.29 is 8.78 Å². The first-order valence-electron chi connectivity index (χ1n) is 3.98. The van der Waals surface area contributed by atoms with E-state index >= 15 is 0 Å². The molecule has 0 N–H and O–H groups in total. The minimum atomic E-state index is -1.70. The van der Waals surface area contributed by atoms with Gasteiger partial charge in [-0.2, -0.15) is 0 Å². The Kier molecular flexibility index (Phi) is 2.92. The Morgan fingerprint density at radius 3 is 2.15 bits per heavy atom. The van der Waals surface area contributed by atoms with E-state index in [2.05, 4.69) is 15.9 Å². The molecule has 13 heavy (non-hydrogen) atoms. The molecule has 1 aromatic rings. The maximum absolute atomic E-state index is 13.5. The van der Waals surface area contributed by atoms with Gasteiger partial charge in [0, 0.05) is 0 Å². The third-order valence-corrected chi connectivity index (χ3v) is 4.57. The minimum Gasteiger partial charge on any atom is -0.206 e. The van der Waals surface area contributed by atoms with Crippen molar-refractivity contribution in [1.82, 2.24) is 0 Å². The Morgan fingerprint density at radius 1 is 1.15 bits per heavy atom. The molecule has 0 atom stereocenters. The van der Waals surface area contributed by atoms with Gasteiger partial charge >= 0.3 is 0 Å². The van der Waals surface area contributed by atoms with E-state index in [1.165, 1.54) is 6.07 Å². The van der Waals surface area contributed by atoms with Crippen LogP contribution >= 0.6 is 15.9 Å². The van der Waals surface area contributed by atoms with Crippen LogP contribution in [0.2, 0.25) is 19.6 Å². The average molecular weight is 265 g/mol. The molecule has 1 rings (SSSR count). The van der Waals surface area contributed by atoms with Gasteiger partial charge in [-0.15, -0.1) is 0 Å². The third-order valence-electron chi connectivity index (χ3n) is 1.84.